The lowest BCUT2D eigenvalue weighted by Crippen LogP contribution is -2.19. The van der Waals surface area contributed by atoms with Crippen LogP contribution in [0.3, 0.4) is 0 Å². The normalized spacial score (nSPS) is 12.9. The molecule has 1 heterocycles. The largest absolute Gasteiger partial charge is 0.490 e. The summed E-state index contributed by atoms with van der Waals surface area (Å²) in [5.74, 6) is 0.909. The molecule has 0 unspecified atom stereocenters. The van der Waals surface area contributed by atoms with Crippen molar-refractivity contribution in [2.75, 3.05) is 18.5 Å². The van der Waals surface area contributed by atoms with Crippen LogP contribution >= 0.6 is 0 Å². The van der Waals surface area contributed by atoms with Crippen molar-refractivity contribution >= 4 is 11.5 Å². The molecule has 2 rings (SSSR count). The zero-order valence-electron chi connectivity index (χ0n) is 7.63. The van der Waals surface area contributed by atoms with E-state index in [0.717, 1.165) is 23.5 Å². The fourth-order valence-electron chi connectivity index (χ4n) is 1.31. The van der Waals surface area contributed by atoms with Gasteiger partial charge < -0.3 is 21.3 Å². The number of hydrogen-bond acceptors (Lipinski definition) is 3. The van der Waals surface area contributed by atoms with Crippen LogP contribution in [-0.2, 0) is 0 Å². The van der Waals surface area contributed by atoms with Crippen LogP contribution in [0.2, 0.25) is 0 Å². The van der Waals surface area contributed by atoms with E-state index in [0.29, 0.717) is 6.61 Å². The molecule has 0 saturated carbocycles. The van der Waals surface area contributed by atoms with E-state index in [1.54, 1.807) is 6.07 Å². The zero-order valence-corrected chi connectivity index (χ0v) is 7.63. The highest BCUT2D eigenvalue weighted by Gasteiger charge is 2.09. The summed E-state index contributed by atoms with van der Waals surface area (Å²) in [6.07, 6.45) is 0. The Morgan fingerprint density at radius 1 is 1.50 bits per heavy atom. The van der Waals surface area contributed by atoms with Crippen LogP contribution in [0.25, 0.3) is 0 Å². The minimum atomic E-state index is 0. The van der Waals surface area contributed by atoms with Crippen molar-refractivity contribution in [1.29, 1.82) is 5.41 Å². The lowest BCUT2D eigenvalue weighted by atomic mass is 10.1. The second-order valence-corrected chi connectivity index (χ2v) is 2.90. The number of fused-ring (bicyclic) bond motifs is 1. The average Bonchev–Trinajstić information content (AvgIpc) is 2.17. The lowest BCUT2D eigenvalue weighted by molar-refractivity contribution is 0.323. The SMILES string of the molecule is N=C(N)c1ccc2c(c1)NCCO2.O. The van der Waals surface area contributed by atoms with Crippen LogP contribution in [0.4, 0.5) is 5.69 Å². The van der Waals surface area contributed by atoms with Gasteiger partial charge in [-0.15, -0.1) is 0 Å². The van der Waals surface area contributed by atoms with E-state index in [2.05, 4.69) is 5.32 Å². The van der Waals surface area contributed by atoms with E-state index >= 15 is 0 Å². The quantitative estimate of drug-likeness (QED) is 0.432. The first-order chi connectivity index (χ1) is 6.27. The molecule has 1 aliphatic rings. The number of hydrogen-bond donors (Lipinski definition) is 3. The van der Waals surface area contributed by atoms with Crippen LogP contribution in [-0.4, -0.2) is 24.5 Å². The fourth-order valence-corrected chi connectivity index (χ4v) is 1.31. The van der Waals surface area contributed by atoms with Crippen molar-refractivity contribution in [3.8, 4) is 5.75 Å². The number of anilines is 1. The van der Waals surface area contributed by atoms with Crippen molar-refractivity contribution in [2.24, 2.45) is 5.73 Å². The molecule has 5 nitrogen and oxygen atoms in total. The molecular formula is C9H13N3O2. The van der Waals surface area contributed by atoms with Gasteiger partial charge in [0.15, 0.2) is 0 Å². The zero-order chi connectivity index (χ0) is 9.26. The first-order valence-electron chi connectivity index (χ1n) is 4.12. The van der Waals surface area contributed by atoms with Gasteiger partial charge in [0.2, 0.25) is 0 Å². The van der Waals surface area contributed by atoms with E-state index in [1.165, 1.54) is 0 Å². The summed E-state index contributed by atoms with van der Waals surface area (Å²) in [7, 11) is 0. The third kappa shape index (κ3) is 1.77. The van der Waals surface area contributed by atoms with Gasteiger partial charge in [-0.3, -0.25) is 5.41 Å². The van der Waals surface area contributed by atoms with Crippen LogP contribution in [0.1, 0.15) is 5.56 Å². The number of amidine groups is 1. The van der Waals surface area contributed by atoms with Crippen molar-refractivity contribution in [2.45, 2.75) is 0 Å². The van der Waals surface area contributed by atoms with Crippen LogP contribution < -0.4 is 15.8 Å². The molecule has 14 heavy (non-hydrogen) atoms. The molecule has 0 aliphatic carbocycles. The van der Waals surface area contributed by atoms with Gasteiger partial charge in [-0.25, -0.2) is 0 Å². The second kappa shape index (κ2) is 3.97. The van der Waals surface area contributed by atoms with Gasteiger partial charge in [0, 0.05) is 12.1 Å². The van der Waals surface area contributed by atoms with E-state index in [4.69, 9.17) is 15.9 Å². The van der Waals surface area contributed by atoms with Crippen LogP contribution in [0.5, 0.6) is 5.75 Å². The highest BCUT2D eigenvalue weighted by Crippen LogP contribution is 2.27. The Labute approximate surface area is 81.7 Å². The summed E-state index contributed by atoms with van der Waals surface area (Å²) in [6.45, 7) is 1.49. The number of nitrogens with two attached hydrogens (primary N) is 1. The summed E-state index contributed by atoms with van der Waals surface area (Å²) in [5.41, 5.74) is 7.00. The highest BCUT2D eigenvalue weighted by molar-refractivity contribution is 5.96. The third-order valence-corrected chi connectivity index (χ3v) is 1.97. The first-order valence-corrected chi connectivity index (χ1v) is 4.12. The molecule has 6 N–H and O–H groups in total. The van der Waals surface area contributed by atoms with Gasteiger partial charge in [-0.05, 0) is 18.2 Å². The Balaban J connectivity index is 0.000000980. The molecule has 1 aromatic carbocycles. The number of benzene rings is 1. The number of nitrogen functional groups attached to an aromatic ring is 1. The molecule has 5 heteroatoms. The molecule has 0 aromatic heterocycles. The van der Waals surface area contributed by atoms with Crippen molar-refractivity contribution in [1.82, 2.24) is 0 Å². The summed E-state index contributed by atoms with van der Waals surface area (Å²) in [4.78, 5) is 0. The number of nitrogens with one attached hydrogen (secondary N) is 2. The maximum absolute atomic E-state index is 7.26. The second-order valence-electron chi connectivity index (χ2n) is 2.90. The molecule has 0 amide bonds. The van der Waals surface area contributed by atoms with Crippen LogP contribution in [0, 0.1) is 5.41 Å². The molecule has 0 saturated heterocycles. The monoisotopic (exact) mass is 195 g/mol. The third-order valence-electron chi connectivity index (χ3n) is 1.97. The van der Waals surface area contributed by atoms with Gasteiger partial charge in [0.1, 0.15) is 18.2 Å². The lowest BCUT2D eigenvalue weighted by Gasteiger charge is -2.19. The molecule has 0 spiro atoms. The Hall–Kier alpha value is -1.75. The summed E-state index contributed by atoms with van der Waals surface area (Å²) < 4.78 is 5.38. The number of ether oxygens (including phenoxy) is 1. The molecule has 76 valence electrons. The fraction of sp³-hybridized carbons (Fsp3) is 0.222. The predicted octanol–water partition coefficient (Wildman–Crippen LogP) is -0.0497. The maximum atomic E-state index is 7.26. The van der Waals surface area contributed by atoms with E-state index < -0.39 is 0 Å². The summed E-state index contributed by atoms with van der Waals surface area (Å²) in [5, 5.41) is 10.4. The van der Waals surface area contributed by atoms with Crippen molar-refractivity contribution in [3.63, 3.8) is 0 Å². The van der Waals surface area contributed by atoms with Crippen molar-refractivity contribution < 1.29 is 10.2 Å². The minimum absolute atomic E-state index is 0. The standard InChI is InChI=1S/C9H11N3O.H2O/c10-9(11)6-1-2-8-7(5-6)12-3-4-13-8;/h1-2,5,12H,3-4H2,(H3,10,11);1H2. The minimum Gasteiger partial charge on any atom is -0.490 e. The molecule has 1 aliphatic heterocycles. The summed E-state index contributed by atoms with van der Waals surface area (Å²) >= 11 is 0. The molecular weight excluding hydrogens is 182 g/mol. The van der Waals surface area contributed by atoms with Gasteiger partial charge in [-0.1, -0.05) is 0 Å². The van der Waals surface area contributed by atoms with Gasteiger partial charge >= 0.3 is 0 Å². The van der Waals surface area contributed by atoms with Gasteiger partial charge in [0.25, 0.3) is 0 Å². The molecule has 0 fully saturated rings. The van der Waals surface area contributed by atoms with E-state index in [1.807, 2.05) is 12.1 Å². The summed E-state index contributed by atoms with van der Waals surface area (Å²) in [6, 6.07) is 5.45. The average molecular weight is 195 g/mol. The van der Waals surface area contributed by atoms with Crippen LogP contribution in [0.15, 0.2) is 18.2 Å². The molecule has 0 atom stereocenters. The molecule has 0 bridgehead atoms. The Morgan fingerprint density at radius 3 is 3.00 bits per heavy atom. The van der Waals surface area contributed by atoms with Gasteiger partial charge in [0.05, 0.1) is 5.69 Å². The molecule has 0 radical (unpaired) electrons. The topological polar surface area (TPSA) is 103 Å². The highest BCUT2D eigenvalue weighted by atomic mass is 16.5. The molecule has 1 aromatic rings. The number of rotatable bonds is 1. The smallest absolute Gasteiger partial charge is 0.142 e. The predicted molar refractivity (Wildman–Crippen MR) is 55.1 cm³/mol. The van der Waals surface area contributed by atoms with Crippen molar-refractivity contribution in [3.05, 3.63) is 23.8 Å². The van der Waals surface area contributed by atoms with Gasteiger partial charge in [-0.2, -0.15) is 0 Å². The Morgan fingerprint density at radius 2 is 2.29 bits per heavy atom. The maximum Gasteiger partial charge on any atom is 0.142 e. The first kappa shape index (κ1) is 10.3. The Bertz CT molecular complexity index is 352. The van der Waals surface area contributed by atoms with E-state index in [9.17, 15) is 0 Å². The Kier molecular flexibility index (Phi) is 2.93. The van der Waals surface area contributed by atoms with E-state index in [-0.39, 0.29) is 11.3 Å².